The molecule has 0 aliphatic rings. The summed E-state index contributed by atoms with van der Waals surface area (Å²) in [6.45, 7) is 4.61. The van der Waals surface area contributed by atoms with E-state index in [2.05, 4.69) is 6.92 Å². The van der Waals surface area contributed by atoms with Crippen molar-refractivity contribution in [3.8, 4) is 11.5 Å². The minimum atomic E-state index is -0.979. The number of benzene rings is 1. The van der Waals surface area contributed by atoms with E-state index in [1.807, 2.05) is 0 Å². The average Bonchev–Trinajstić information content (AvgIpc) is 2.45. The first-order valence-electron chi connectivity index (χ1n) is 7.44. The van der Waals surface area contributed by atoms with Crippen molar-refractivity contribution in [3.05, 3.63) is 23.8 Å². The van der Waals surface area contributed by atoms with Crippen molar-refractivity contribution in [2.24, 2.45) is 0 Å². The molecule has 0 aliphatic carbocycles. The van der Waals surface area contributed by atoms with Gasteiger partial charge in [0.15, 0.2) is 11.5 Å². The van der Waals surface area contributed by atoms with Gasteiger partial charge in [-0.1, -0.05) is 39.0 Å². The SMILES string of the molecule is CCCCCCCCOc1ccc(OCC)c(F)c1F. The van der Waals surface area contributed by atoms with Crippen LogP contribution < -0.4 is 9.47 Å². The summed E-state index contributed by atoms with van der Waals surface area (Å²) in [7, 11) is 0. The second-order valence-electron chi connectivity index (χ2n) is 4.74. The summed E-state index contributed by atoms with van der Waals surface area (Å²) in [5, 5.41) is 0. The predicted octanol–water partition coefficient (Wildman–Crippen LogP) is 5.10. The highest BCUT2D eigenvalue weighted by Crippen LogP contribution is 2.27. The molecule has 1 rings (SSSR count). The molecule has 0 amide bonds. The molecule has 0 saturated carbocycles. The summed E-state index contributed by atoms with van der Waals surface area (Å²) in [6.07, 6.45) is 6.77. The molecule has 0 aromatic heterocycles. The highest BCUT2D eigenvalue weighted by molar-refractivity contribution is 5.34. The number of hydrogen-bond donors (Lipinski definition) is 0. The standard InChI is InChI=1S/C16H24F2O2/c1-3-5-6-7-8-9-12-20-14-11-10-13(19-4-2)15(17)16(14)18/h10-11H,3-9,12H2,1-2H3. The van der Waals surface area contributed by atoms with Crippen LogP contribution in [0.4, 0.5) is 8.78 Å². The van der Waals surface area contributed by atoms with Gasteiger partial charge in [0.25, 0.3) is 0 Å². The molecule has 1 aromatic carbocycles. The lowest BCUT2D eigenvalue weighted by atomic mass is 10.1. The second kappa shape index (κ2) is 9.56. The maximum Gasteiger partial charge on any atom is 0.204 e. The zero-order valence-electron chi connectivity index (χ0n) is 12.4. The quantitative estimate of drug-likeness (QED) is 0.557. The maximum atomic E-state index is 13.7. The van der Waals surface area contributed by atoms with E-state index in [1.54, 1.807) is 6.92 Å². The molecule has 20 heavy (non-hydrogen) atoms. The number of halogens is 2. The minimum absolute atomic E-state index is 0.0421. The Morgan fingerprint density at radius 1 is 0.800 bits per heavy atom. The van der Waals surface area contributed by atoms with Crippen molar-refractivity contribution in [3.63, 3.8) is 0 Å². The molecular weight excluding hydrogens is 262 g/mol. The fourth-order valence-corrected chi connectivity index (χ4v) is 1.96. The van der Waals surface area contributed by atoms with Gasteiger partial charge in [0.2, 0.25) is 11.6 Å². The van der Waals surface area contributed by atoms with E-state index in [9.17, 15) is 8.78 Å². The monoisotopic (exact) mass is 286 g/mol. The number of rotatable bonds is 10. The molecule has 4 heteroatoms. The summed E-state index contributed by atoms with van der Waals surface area (Å²) in [5.74, 6) is -2.06. The topological polar surface area (TPSA) is 18.5 Å². The van der Waals surface area contributed by atoms with Gasteiger partial charge in [-0.15, -0.1) is 0 Å². The van der Waals surface area contributed by atoms with Gasteiger partial charge in [0.1, 0.15) is 0 Å². The van der Waals surface area contributed by atoms with Crippen molar-refractivity contribution in [2.75, 3.05) is 13.2 Å². The smallest absolute Gasteiger partial charge is 0.204 e. The lowest BCUT2D eigenvalue weighted by molar-refractivity contribution is 0.275. The summed E-state index contributed by atoms with van der Waals surface area (Å²) in [5.41, 5.74) is 0. The normalized spacial score (nSPS) is 10.6. The van der Waals surface area contributed by atoms with Crippen molar-refractivity contribution >= 4 is 0 Å². The van der Waals surface area contributed by atoms with Gasteiger partial charge < -0.3 is 9.47 Å². The van der Waals surface area contributed by atoms with Crippen LogP contribution in [0.1, 0.15) is 52.4 Å². The Morgan fingerprint density at radius 3 is 1.95 bits per heavy atom. The highest BCUT2D eigenvalue weighted by Gasteiger charge is 2.15. The summed E-state index contributed by atoms with van der Waals surface area (Å²) in [6, 6.07) is 2.82. The lowest BCUT2D eigenvalue weighted by Gasteiger charge is -2.10. The third-order valence-electron chi connectivity index (χ3n) is 3.07. The predicted molar refractivity (Wildman–Crippen MR) is 76.4 cm³/mol. The molecule has 1 aromatic rings. The molecule has 2 nitrogen and oxygen atoms in total. The van der Waals surface area contributed by atoms with Crippen molar-refractivity contribution < 1.29 is 18.3 Å². The van der Waals surface area contributed by atoms with Gasteiger partial charge in [-0.25, -0.2) is 0 Å². The van der Waals surface area contributed by atoms with Gasteiger partial charge in [-0.05, 0) is 25.5 Å². The van der Waals surface area contributed by atoms with Crippen LogP contribution >= 0.6 is 0 Å². The van der Waals surface area contributed by atoms with Gasteiger partial charge in [-0.2, -0.15) is 8.78 Å². The number of hydrogen-bond acceptors (Lipinski definition) is 2. The Labute approximate surface area is 120 Å². The Balaban J connectivity index is 2.35. The molecule has 0 atom stereocenters. The van der Waals surface area contributed by atoms with E-state index in [0.717, 1.165) is 19.3 Å². The van der Waals surface area contributed by atoms with Crippen LogP contribution in [0.2, 0.25) is 0 Å². The third kappa shape index (κ3) is 5.35. The van der Waals surface area contributed by atoms with Crippen LogP contribution in [0, 0.1) is 11.6 Å². The van der Waals surface area contributed by atoms with Gasteiger partial charge in [-0.3, -0.25) is 0 Å². The minimum Gasteiger partial charge on any atom is -0.491 e. The average molecular weight is 286 g/mol. The van der Waals surface area contributed by atoms with Crippen LogP contribution in [0.15, 0.2) is 12.1 Å². The molecule has 0 aliphatic heterocycles. The molecule has 0 saturated heterocycles. The molecule has 0 fully saturated rings. The van der Waals surface area contributed by atoms with E-state index in [-0.39, 0.29) is 11.5 Å². The molecule has 0 unspecified atom stereocenters. The van der Waals surface area contributed by atoms with Gasteiger partial charge >= 0.3 is 0 Å². The Hall–Kier alpha value is -1.32. The molecule has 0 heterocycles. The van der Waals surface area contributed by atoms with Gasteiger partial charge in [0, 0.05) is 0 Å². The highest BCUT2D eigenvalue weighted by atomic mass is 19.2. The van der Waals surface area contributed by atoms with E-state index in [4.69, 9.17) is 9.47 Å². The summed E-state index contributed by atoms with van der Waals surface area (Å²) >= 11 is 0. The summed E-state index contributed by atoms with van der Waals surface area (Å²) < 4.78 is 37.5. The maximum absolute atomic E-state index is 13.7. The van der Waals surface area contributed by atoms with E-state index < -0.39 is 11.6 Å². The van der Waals surface area contributed by atoms with E-state index in [1.165, 1.54) is 31.4 Å². The first-order chi connectivity index (χ1) is 9.70. The van der Waals surface area contributed by atoms with Crippen LogP contribution in [0.25, 0.3) is 0 Å². The zero-order chi connectivity index (χ0) is 14.8. The molecule has 114 valence electrons. The molecule has 0 spiro atoms. The van der Waals surface area contributed by atoms with Crippen molar-refractivity contribution in [1.82, 2.24) is 0 Å². The van der Waals surface area contributed by atoms with Crippen LogP contribution in [0.3, 0.4) is 0 Å². The summed E-state index contributed by atoms with van der Waals surface area (Å²) in [4.78, 5) is 0. The fourth-order valence-electron chi connectivity index (χ4n) is 1.96. The Bertz CT molecular complexity index is 394. The lowest BCUT2D eigenvalue weighted by Crippen LogP contribution is -2.03. The van der Waals surface area contributed by atoms with Crippen LogP contribution in [-0.4, -0.2) is 13.2 Å². The largest absolute Gasteiger partial charge is 0.491 e. The second-order valence-corrected chi connectivity index (χ2v) is 4.74. The Morgan fingerprint density at radius 2 is 1.35 bits per heavy atom. The van der Waals surface area contributed by atoms with Crippen molar-refractivity contribution in [1.29, 1.82) is 0 Å². The Kier molecular flexibility index (Phi) is 8.00. The molecule has 0 bridgehead atoms. The number of unbranched alkanes of at least 4 members (excludes halogenated alkanes) is 5. The fraction of sp³-hybridized carbons (Fsp3) is 0.625. The van der Waals surface area contributed by atoms with Crippen LogP contribution in [0.5, 0.6) is 11.5 Å². The molecule has 0 radical (unpaired) electrons. The van der Waals surface area contributed by atoms with Crippen molar-refractivity contribution in [2.45, 2.75) is 52.4 Å². The first-order valence-corrected chi connectivity index (χ1v) is 7.44. The van der Waals surface area contributed by atoms with E-state index >= 15 is 0 Å². The van der Waals surface area contributed by atoms with Gasteiger partial charge in [0.05, 0.1) is 13.2 Å². The van der Waals surface area contributed by atoms with Crippen LogP contribution in [-0.2, 0) is 0 Å². The third-order valence-corrected chi connectivity index (χ3v) is 3.07. The molecule has 0 N–H and O–H groups in total. The number of ether oxygens (including phenoxy) is 2. The molecular formula is C16H24F2O2. The zero-order valence-corrected chi connectivity index (χ0v) is 12.4. The van der Waals surface area contributed by atoms with E-state index in [0.29, 0.717) is 13.2 Å². The first kappa shape index (κ1) is 16.7.